The third-order valence-corrected chi connectivity index (χ3v) is 7.53. The molecule has 1 fully saturated rings. The quantitative estimate of drug-likeness (QED) is 0.324. The monoisotopic (exact) mass is 365 g/mol. The molecule has 138 valence electrons. The predicted molar refractivity (Wildman–Crippen MR) is 102 cm³/mol. The minimum atomic E-state index is -1.60. The molecule has 1 aliphatic rings. The van der Waals surface area contributed by atoms with Crippen molar-refractivity contribution >= 4 is 13.6 Å². The van der Waals surface area contributed by atoms with Crippen LogP contribution in [-0.2, 0) is 4.57 Å². The zero-order valence-electron chi connectivity index (χ0n) is 15.7. The maximum absolute atomic E-state index is 13.6. The van der Waals surface area contributed by atoms with E-state index in [9.17, 15) is 9.36 Å². The summed E-state index contributed by atoms with van der Waals surface area (Å²) in [5.74, 6) is 0.955. The van der Waals surface area contributed by atoms with Gasteiger partial charge >= 0.3 is 7.80 Å². The Morgan fingerprint density at radius 3 is 2.20 bits per heavy atom. The van der Waals surface area contributed by atoms with Crippen molar-refractivity contribution in [3.8, 4) is 11.5 Å². The molecule has 0 radical (unpaired) electrons. The van der Waals surface area contributed by atoms with Gasteiger partial charge in [-0.2, -0.15) is 0 Å². The lowest BCUT2D eigenvalue weighted by Crippen LogP contribution is -2.38. The van der Waals surface area contributed by atoms with E-state index in [0.29, 0.717) is 36.1 Å². The van der Waals surface area contributed by atoms with Gasteiger partial charge in [-0.3, -0.25) is 4.79 Å². The molecule has 0 spiro atoms. The lowest BCUT2D eigenvalue weighted by atomic mass is 9.82. The second-order valence-electron chi connectivity index (χ2n) is 6.77. The van der Waals surface area contributed by atoms with Gasteiger partial charge in [0.2, 0.25) is 10.9 Å². The van der Waals surface area contributed by atoms with Crippen LogP contribution in [0.1, 0.15) is 68.6 Å². The summed E-state index contributed by atoms with van der Waals surface area (Å²) in [4.78, 5) is 13.6. The number of hydrogen-bond donors (Lipinski definition) is 0. The highest BCUT2D eigenvalue weighted by Crippen LogP contribution is 2.53. The summed E-state index contributed by atoms with van der Waals surface area (Å²) < 4.78 is 24.1. The minimum absolute atomic E-state index is 0.0564. The van der Waals surface area contributed by atoms with Crippen molar-refractivity contribution in [3.63, 3.8) is 0 Å². The minimum Gasteiger partial charge on any atom is -0.496 e. The molecule has 0 saturated heterocycles. The number of ketones is 1. The Balaban J connectivity index is 2.41. The third-order valence-electron chi connectivity index (χ3n) is 5.20. The molecule has 0 bridgehead atoms. The Hall–Kier alpha value is -1.41. The lowest BCUT2D eigenvalue weighted by molar-refractivity contribution is 0.0906. The summed E-state index contributed by atoms with van der Waals surface area (Å²) >= 11 is 0. The van der Waals surface area contributed by atoms with E-state index in [1.165, 1.54) is 0 Å². The van der Waals surface area contributed by atoms with Crippen LogP contribution in [0.2, 0.25) is 0 Å². The average molecular weight is 365 g/mol. The Labute approximate surface area is 152 Å². The fourth-order valence-electron chi connectivity index (χ4n) is 3.75. The molecule has 0 aliphatic heterocycles. The molecule has 1 saturated carbocycles. The molecule has 4 nitrogen and oxygen atoms in total. The van der Waals surface area contributed by atoms with Gasteiger partial charge in [-0.25, -0.2) is 0 Å². The van der Waals surface area contributed by atoms with E-state index in [0.717, 1.165) is 38.5 Å². The van der Waals surface area contributed by atoms with Gasteiger partial charge in [-0.1, -0.05) is 30.4 Å². The highest BCUT2D eigenvalue weighted by molar-refractivity contribution is 7.48. The van der Waals surface area contributed by atoms with Gasteiger partial charge in [0, 0.05) is 12.8 Å². The van der Waals surface area contributed by atoms with Gasteiger partial charge in [0.1, 0.15) is 23.2 Å². The summed E-state index contributed by atoms with van der Waals surface area (Å²) in [5.41, 5.74) is 0.452. The molecular formula is C20H30O4P+. The summed E-state index contributed by atoms with van der Waals surface area (Å²) in [6.45, 7) is 2.13. The molecule has 0 aromatic heterocycles. The standard InChI is InChI=1S/C20H30O4P/c1-4-5-9-15-25(22)20(13-7-6-8-14-20)19(21)18-16(23-2)11-10-12-17(18)24-3/h10-12H,4-9,13-15H2,1-3H3/q+1. The SMILES string of the molecule is CCCCC[P+](=O)C1(C(=O)c2c(OC)cccc2OC)CCCCC1. The van der Waals surface area contributed by atoms with Gasteiger partial charge in [-0.15, -0.1) is 0 Å². The van der Waals surface area contributed by atoms with Crippen molar-refractivity contribution in [1.82, 2.24) is 0 Å². The van der Waals surface area contributed by atoms with Crippen LogP contribution < -0.4 is 9.47 Å². The average Bonchev–Trinajstić information content (AvgIpc) is 2.67. The van der Waals surface area contributed by atoms with Crippen LogP contribution in [0.3, 0.4) is 0 Å². The first kappa shape index (κ1) is 19.9. The molecule has 2 rings (SSSR count). The van der Waals surface area contributed by atoms with E-state index in [-0.39, 0.29) is 5.78 Å². The van der Waals surface area contributed by atoms with Crippen molar-refractivity contribution in [1.29, 1.82) is 0 Å². The molecule has 5 heteroatoms. The summed E-state index contributed by atoms with van der Waals surface area (Å²) in [6, 6.07) is 5.36. The van der Waals surface area contributed by atoms with Gasteiger partial charge in [0.15, 0.2) is 0 Å². The van der Waals surface area contributed by atoms with Gasteiger partial charge in [0.05, 0.1) is 14.2 Å². The Kier molecular flexibility index (Phi) is 7.43. The van der Waals surface area contributed by atoms with Crippen molar-refractivity contribution in [2.24, 2.45) is 0 Å². The number of benzene rings is 1. The van der Waals surface area contributed by atoms with Crippen molar-refractivity contribution in [2.75, 3.05) is 20.4 Å². The van der Waals surface area contributed by atoms with Gasteiger partial charge in [-0.05, 0) is 37.8 Å². The summed E-state index contributed by atoms with van der Waals surface area (Å²) in [7, 11) is 1.51. The molecule has 1 atom stereocenters. The van der Waals surface area contributed by atoms with Crippen LogP contribution in [0.15, 0.2) is 18.2 Å². The number of carbonyl (C=O) groups excluding carboxylic acids is 1. The van der Waals surface area contributed by atoms with Crippen LogP contribution in [0.4, 0.5) is 0 Å². The molecule has 0 N–H and O–H groups in total. The van der Waals surface area contributed by atoms with Crippen LogP contribution in [0.5, 0.6) is 11.5 Å². The predicted octanol–water partition coefficient (Wildman–Crippen LogP) is 5.61. The first-order chi connectivity index (χ1) is 12.1. The fraction of sp³-hybridized carbons (Fsp3) is 0.650. The summed E-state index contributed by atoms with van der Waals surface area (Å²) in [6.07, 6.45) is 8.12. The number of rotatable bonds is 9. The molecule has 1 aromatic carbocycles. The van der Waals surface area contributed by atoms with E-state index in [1.54, 1.807) is 26.4 Å². The fourth-order valence-corrected chi connectivity index (χ4v) is 5.85. The van der Waals surface area contributed by atoms with Crippen molar-refractivity contribution in [3.05, 3.63) is 23.8 Å². The second kappa shape index (κ2) is 9.33. The van der Waals surface area contributed by atoms with E-state index < -0.39 is 13.0 Å². The third kappa shape index (κ3) is 4.23. The van der Waals surface area contributed by atoms with Crippen LogP contribution in [0, 0.1) is 0 Å². The largest absolute Gasteiger partial charge is 0.496 e. The van der Waals surface area contributed by atoms with E-state index in [2.05, 4.69) is 6.92 Å². The number of ether oxygens (including phenoxy) is 2. The summed E-state index contributed by atoms with van der Waals surface area (Å²) in [5, 5.41) is -0.761. The lowest BCUT2D eigenvalue weighted by Gasteiger charge is -2.28. The number of methoxy groups -OCH3 is 2. The Morgan fingerprint density at radius 2 is 1.68 bits per heavy atom. The van der Waals surface area contributed by atoms with Crippen molar-refractivity contribution in [2.45, 2.75) is 63.4 Å². The van der Waals surface area contributed by atoms with Crippen LogP contribution >= 0.6 is 7.80 Å². The second-order valence-corrected chi connectivity index (χ2v) is 8.83. The first-order valence-corrected chi connectivity index (χ1v) is 10.8. The number of Topliss-reactive ketones (excluding diaryl/α,β-unsaturated/α-hetero) is 1. The molecule has 1 aromatic rings. The number of unbranched alkanes of at least 4 members (excludes halogenated alkanes) is 2. The van der Waals surface area contributed by atoms with E-state index in [1.807, 2.05) is 6.07 Å². The maximum Gasteiger partial charge on any atom is 0.353 e. The van der Waals surface area contributed by atoms with Crippen LogP contribution in [-0.4, -0.2) is 31.3 Å². The molecule has 1 unspecified atom stereocenters. The zero-order valence-corrected chi connectivity index (χ0v) is 16.6. The molecule has 25 heavy (non-hydrogen) atoms. The highest BCUT2D eigenvalue weighted by Gasteiger charge is 2.56. The number of hydrogen-bond acceptors (Lipinski definition) is 4. The topological polar surface area (TPSA) is 52.6 Å². The molecule has 1 aliphatic carbocycles. The Morgan fingerprint density at radius 1 is 1.08 bits per heavy atom. The molecule has 0 heterocycles. The van der Waals surface area contributed by atoms with Gasteiger partial charge in [0.25, 0.3) is 0 Å². The molecular weight excluding hydrogens is 335 g/mol. The molecule has 0 amide bonds. The highest BCUT2D eigenvalue weighted by atomic mass is 31.1. The zero-order chi connectivity index (χ0) is 18.3. The first-order valence-electron chi connectivity index (χ1n) is 9.31. The van der Waals surface area contributed by atoms with E-state index in [4.69, 9.17) is 9.47 Å². The smallest absolute Gasteiger partial charge is 0.353 e. The number of carbonyl (C=O) groups is 1. The van der Waals surface area contributed by atoms with Gasteiger partial charge < -0.3 is 9.47 Å². The maximum atomic E-state index is 13.6. The van der Waals surface area contributed by atoms with Crippen LogP contribution in [0.25, 0.3) is 0 Å². The normalized spacial score (nSPS) is 17.0. The Bertz CT molecular complexity index is 583. The van der Waals surface area contributed by atoms with Crippen molar-refractivity contribution < 1.29 is 18.8 Å². The van der Waals surface area contributed by atoms with E-state index >= 15 is 0 Å².